The number of amides is 1. The maximum atomic E-state index is 12.9. The number of esters is 2. The van der Waals surface area contributed by atoms with E-state index >= 15 is 0 Å². The van der Waals surface area contributed by atoms with Crippen molar-refractivity contribution in [1.29, 1.82) is 0 Å². The average Bonchev–Trinajstić information content (AvgIpc) is 3.62. The average molecular weight is 985 g/mol. The number of aliphatic hydroxyl groups excluding tert-OH is 1. The molecular formula is C52H78ClN5O9S. The predicted octanol–water partition coefficient (Wildman–Crippen LogP) is 11.0. The number of aromatic amines is 1. The molecule has 0 bridgehead atoms. The molecule has 4 aromatic rings. The van der Waals surface area contributed by atoms with Crippen LogP contribution < -0.4 is 20.1 Å². The highest BCUT2D eigenvalue weighted by molar-refractivity contribution is 7.92. The van der Waals surface area contributed by atoms with Gasteiger partial charge >= 0.3 is 11.9 Å². The fourth-order valence-corrected chi connectivity index (χ4v) is 8.96. The summed E-state index contributed by atoms with van der Waals surface area (Å²) in [7, 11) is -3.38. The van der Waals surface area contributed by atoms with Crippen molar-refractivity contribution in [3.05, 3.63) is 72.6 Å². The summed E-state index contributed by atoms with van der Waals surface area (Å²) in [5.41, 5.74) is 5.05. The number of nitrogens with zero attached hydrogens (tertiary/aromatic N) is 1. The molecule has 1 saturated heterocycles. The lowest BCUT2D eigenvalue weighted by Gasteiger charge is -2.37. The number of aromatic nitrogens is 2. The van der Waals surface area contributed by atoms with E-state index in [2.05, 4.69) is 46.1 Å². The predicted molar refractivity (Wildman–Crippen MR) is 274 cm³/mol. The first-order valence-corrected chi connectivity index (χ1v) is 26.4. The van der Waals surface area contributed by atoms with Crippen LogP contribution >= 0.6 is 12.4 Å². The summed E-state index contributed by atoms with van der Waals surface area (Å²) in [6.07, 6.45) is 22.1. The number of hydrogen-bond donors (Lipinski definition) is 5. The van der Waals surface area contributed by atoms with Gasteiger partial charge in [0.1, 0.15) is 30.6 Å². The van der Waals surface area contributed by atoms with Gasteiger partial charge < -0.3 is 34.9 Å². The molecule has 2 aromatic carbocycles. The van der Waals surface area contributed by atoms with Gasteiger partial charge in [-0.1, -0.05) is 111 Å². The normalized spacial score (nSPS) is 15.7. The zero-order valence-electron chi connectivity index (χ0n) is 41.1. The second kappa shape index (κ2) is 30.6. The number of unbranched alkanes of at least 4 members (excludes halogenated alkanes) is 11. The van der Waals surface area contributed by atoms with Crippen LogP contribution in [0.1, 0.15) is 142 Å². The second-order valence-electron chi connectivity index (χ2n) is 18.3. The smallest absolute Gasteiger partial charge is 0.328 e. The molecule has 0 unspecified atom stereocenters. The SMILES string of the molecule is CCCCCCCCCCC[C@@H](C[C@@H]1OC(=O)[C@H]1CCCCCC)OC(=O)[C@H](CC(C)C)NC=O.Cc1c(-c2cccnc2)[nH]c2cc(OC[C@@H](O)Nc3cccc(NS(C)(=O)=O)c3)ccc12.Cl. The molecule has 68 heavy (non-hydrogen) atoms. The van der Waals surface area contributed by atoms with Crippen molar-refractivity contribution in [3.63, 3.8) is 0 Å². The van der Waals surface area contributed by atoms with E-state index < -0.39 is 22.3 Å². The summed E-state index contributed by atoms with van der Waals surface area (Å²) in [5.74, 6) is 0.313. The lowest BCUT2D eigenvalue weighted by molar-refractivity contribution is -0.190. The topological polar surface area (TPSA) is 198 Å². The third-order valence-electron chi connectivity index (χ3n) is 11.9. The van der Waals surface area contributed by atoms with Crippen LogP contribution in [0, 0.1) is 18.8 Å². The van der Waals surface area contributed by atoms with Crippen LogP contribution in [0.25, 0.3) is 22.2 Å². The lowest BCUT2D eigenvalue weighted by atomic mass is 9.86. The molecule has 0 radical (unpaired) electrons. The molecule has 1 aliphatic heterocycles. The van der Waals surface area contributed by atoms with Gasteiger partial charge in [0.2, 0.25) is 16.4 Å². The van der Waals surface area contributed by atoms with Crippen LogP contribution in [0.3, 0.4) is 0 Å². The van der Waals surface area contributed by atoms with Crippen molar-refractivity contribution in [2.24, 2.45) is 11.8 Å². The van der Waals surface area contributed by atoms with Gasteiger partial charge in [0.05, 0.1) is 23.6 Å². The largest absolute Gasteiger partial charge is 0.489 e. The maximum absolute atomic E-state index is 12.9. The number of halogens is 1. The van der Waals surface area contributed by atoms with Gasteiger partial charge in [-0.05, 0) is 86.6 Å². The Morgan fingerprint density at radius 3 is 2.24 bits per heavy atom. The molecule has 378 valence electrons. The number of aryl methyl sites for hydroxylation is 1. The minimum atomic E-state index is -3.38. The van der Waals surface area contributed by atoms with Crippen molar-refractivity contribution in [2.75, 3.05) is 22.9 Å². The number of ether oxygens (including phenoxy) is 3. The summed E-state index contributed by atoms with van der Waals surface area (Å²) in [6, 6.07) is 15.6. The summed E-state index contributed by atoms with van der Waals surface area (Å²) in [5, 5.41) is 16.9. The van der Waals surface area contributed by atoms with E-state index in [1.54, 1.807) is 30.5 Å². The van der Waals surface area contributed by atoms with E-state index in [9.17, 15) is 27.9 Å². The van der Waals surface area contributed by atoms with Crippen LogP contribution in [-0.2, 0) is 33.9 Å². The molecule has 0 saturated carbocycles. The molecule has 14 nitrogen and oxygen atoms in total. The van der Waals surface area contributed by atoms with Gasteiger partial charge in [-0.3, -0.25) is 19.3 Å². The van der Waals surface area contributed by atoms with Crippen LogP contribution in [-0.4, -0.2) is 79.2 Å². The van der Waals surface area contributed by atoms with E-state index in [-0.39, 0.29) is 55.0 Å². The Morgan fingerprint density at radius 2 is 1.60 bits per heavy atom. The maximum Gasteiger partial charge on any atom is 0.328 e. The Labute approximate surface area is 411 Å². The zero-order chi connectivity index (χ0) is 48.6. The molecule has 5 rings (SSSR count). The number of nitrogens with one attached hydrogen (secondary N) is 4. The Hall–Kier alpha value is -4.86. The van der Waals surface area contributed by atoms with Gasteiger partial charge in [-0.25, -0.2) is 13.2 Å². The molecule has 1 aliphatic rings. The number of benzene rings is 2. The van der Waals surface area contributed by atoms with Crippen LogP contribution in [0.15, 0.2) is 67.0 Å². The number of hydrogen-bond acceptors (Lipinski definition) is 11. The van der Waals surface area contributed by atoms with Crippen LogP contribution in [0.4, 0.5) is 11.4 Å². The molecule has 1 fully saturated rings. The van der Waals surface area contributed by atoms with E-state index in [4.69, 9.17) is 14.2 Å². The van der Waals surface area contributed by atoms with Gasteiger partial charge in [0.15, 0.2) is 6.23 Å². The molecule has 16 heteroatoms. The van der Waals surface area contributed by atoms with Crippen molar-refractivity contribution in [2.45, 2.75) is 168 Å². The lowest BCUT2D eigenvalue weighted by Crippen LogP contribution is -2.48. The first-order chi connectivity index (χ1) is 32.2. The molecule has 3 heterocycles. The number of anilines is 2. The van der Waals surface area contributed by atoms with E-state index in [0.29, 0.717) is 36.4 Å². The molecule has 5 atom stereocenters. The minimum absolute atomic E-state index is 0. The number of H-pyrrole nitrogens is 1. The quantitative estimate of drug-likeness (QED) is 0.0139. The first kappa shape index (κ1) is 57.5. The van der Waals surface area contributed by atoms with Crippen molar-refractivity contribution < 1.29 is 42.1 Å². The van der Waals surface area contributed by atoms with Gasteiger partial charge in [-0.2, -0.15) is 0 Å². The van der Waals surface area contributed by atoms with E-state index in [1.807, 2.05) is 50.4 Å². The molecular weight excluding hydrogens is 906 g/mol. The number of aliphatic hydroxyl groups is 1. The summed E-state index contributed by atoms with van der Waals surface area (Å²) in [6.45, 7) is 10.5. The number of carbonyl (C=O) groups excluding carboxylic acids is 3. The van der Waals surface area contributed by atoms with Gasteiger partial charge in [0, 0.05) is 47.0 Å². The number of pyridine rings is 1. The molecule has 0 spiro atoms. The minimum Gasteiger partial charge on any atom is -0.489 e. The van der Waals surface area contributed by atoms with Crippen LogP contribution in [0.5, 0.6) is 5.75 Å². The summed E-state index contributed by atoms with van der Waals surface area (Å²) < 4.78 is 42.3. The Bertz CT molecular complexity index is 2210. The Kier molecular flexibility index (Phi) is 25.8. The molecule has 1 amide bonds. The standard InChI is InChI=1S/C29H53NO5.C23H24N4O4S.ClH/c1-5-7-9-11-12-13-14-15-16-18-24(34-29(33)26(30-22-31)20-23(3)4)21-27-25(28(32)35-27)19-17-10-8-6-2;1-15-20-9-8-19(12-21(20)26-23(15)16-5-4-10-24-13-16)31-14-22(28)25-17-6-3-7-18(11-17)27-32(2,29)30;/h22-27H,5-21H2,1-4H3,(H,30,31);3-13,22,25-28H,14H2,1-2H3;1H/t24-,25-,26-,27-;22-;/m01./s1. The number of rotatable bonds is 31. The summed E-state index contributed by atoms with van der Waals surface area (Å²) in [4.78, 5) is 43.6. The highest BCUT2D eigenvalue weighted by Gasteiger charge is 2.43. The highest BCUT2D eigenvalue weighted by Crippen LogP contribution is 2.34. The number of fused-ring (bicyclic) bond motifs is 1. The Morgan fingerprint density at radius 1 is 0.926 bits per heavy atom. The summed E-state index contributed by atoms with van der Waals surface area (Å²) >= 11 is 0. The number of carbonyl (C=O) groups is 3. The highest BCUT2D eigenvalue weighted by atomic mass is 35.5. The third kappa shape index (κ3) is 20.4. The molecule has 2 aromatic heterocycles. The fourth-order valence-electron chi connectivity index (χ4n) is 8.41. The van der Waals surface area contributed by atoms with Gasteiger partial charge in [0.25, 0.3) is 0 Å². The monoisotopic (exact) mass is 984 g/mol. The van der Waals surface area contributed by atoms with Gasteiger partial charge in [-0.15, -0.1) is 12.4 Å². The Balaban J connectivity index is 0.000000356. The van der Waals surface area contributed by atoms with E-state index in [1.165, 1.54) is 57.8 Å². The van der Waals surface area contributed by atoms with Crippen molar-refractivity contribution >= 4 is 63.1 Å². The molecule has 0 aliphatic carbocycles. The zero-order valence-corrected chi connectivity index (χ0v) is 42.7. The van der Waals surface area contributed by atoms with E-state index in [0.717, 1.165) is 72.5 Å². The third-order valence-corrected chi connectivity index (χ3v) is 12.5. The number of sulfonamides is 1. The van der Waals surface area contributed by atoms with Crippen molar-refractivity contribution in [1.82, 2.24) is 15.3 Å². The second-order valence-corrected chi connectivity index (χ2v) is 20.1. The first-order valence-electron chi connectivity index (χ1n) is 24.5. The van der Waals surface area contributed by atoms with Crippen molar-refractivity contribution in [3.8, 4) is 17.0 Å². The van der Waals surface area contributed by atoms with Crippen LogP contribution in [0.2, 0.25) is 0 Å². The fraction of sp³-hybridized carbons (Fsp3) is 0.577. The number of cyclic esters (lactones) is 1. The molecule has 5 N–H and O–H groups in total.